The van der Waals surface area contributed by atoms with Crippen molar-refractivity contribution in [3.8, 4) is 0 Å². The van der Waals surface area contributed by atoms with E-state index in [1.807, 2.05) is 0 Å². The highest BCUT2D eigenvalue weighted by molar-refractivity contribution is 7.77. The molecule has 200 valence electrons. The maximum absolute atomic E-state index is 11.5. The predicted octanol–water partition coefficient (Wildman–Crippen LogP) is 8.16. The number of aliphatic hydroxyl groups excluding tert-OH is 4. The summed E-state index contributed by atoms with van der Waals surface area (Å²) in [5.41, 5.74) is 0. The maximum Gasteiger partial charge on any atom is 0.172 e. The minimum absolute atomic E-state index is 0.581. The summed E-state index contributed by atoms with van der Waals surface area (Å²) in [6.07, 6.45) is 19.2. The molecule has 33 heavy (non-hydrogen) atoms. The monoisotopic (exact) mass is 491 g/mol. The smallest absolute Gasteiger partial charge is 0.172 e. The van der Waals surface area contributed by atoms with Gasteiger partial charge in [-0.15, -0.1) is 0 Å². The molecule has 4 nitrogen and oxygen atoms in total. The van der Waals surface area contributed by atoms with Gasteiger partial charge in [-0.3, -0.25) is 0 Å². The van der Waals surface area contributed by atoms with Crippen LogP contribution >= 0.6 is 7.26 Å². The highest BCUT2D eigenvalue weighted by Gasteiger charge is 2.61. The van der Waals surface area contributed by atoms with Gasteiger partial charge in [-0.1, -0.05) is 105 Å². The van der Waals surface area contributed by atoms with Crippen LogP contribution in [0.3, 0.4) is 0 Å². The van der Waals surface area contributed by atoms with E-state index >= 15 is 0 Å². The first kappa shape index (κ1) is 33.3. The molecular formula is C28H60O4P+. The van der Waals surface area contributed by atoms with Crippen LogP contribution in [0, 0.1) is 0 Å². The zero-order valence-corrected chi connectivity index (χ0v) is 23.6. The van der Waals surface area contributed by atoms with Crippen molar-refractivity contribution in [3.63, 3.8) is 0 Å². The van der Waals surface area contributed by atoms with Gasteiger partial charge in [0.1, 0.15) is 7.26 Å². The molecule has 0 spiro atoms. The molecule has 0 aliphatic carbocycles. The third-order valence-corrected chi connectivity index (χ3v) is 12.5. The van der Waals surface area contributed by atoms with Crippen molar-refractivity contribution in [2.24, 2.45) is 0 Å². The summed E-state index contributed by atoms with van der Waals surface area (Å²) in [6.45, 7) is 8.70. The molecule has 0 aromatic carbocycles. The predicted molar refractivity (Wildman–Crippen MR) is 146 cm³/mol. The average molecular weight is 492 g/mol. The van der Waals surface area contributed by atoms with Crippen LogP contribution in [0.5, 0.6) is 0 Å². The van der Waals surface area contributed by atoms with Gasteiger partial charge >= 0.3 is 0 Å². The first-order valence-corrected chi connectivity index (χ1v) is 16.6. The molecule has 0 amide bonds. The standard InChI is InChI=1S/C28H60O4P/c1-5-9-13-17-21-25(29)33(26(30)22-18-14-10-6-2,27(31)23-19-15-11-7-3)28(32)24-20-16-12-8-4/h25-32H,5-24H2,1-4H3/q+1. The first-order valence-electron chi connectivity index (χ1n) is 14.5. The van der Waals surface area contributed by atoms with Crippen molar-refractivity contribution in [2.75, 3.05) is 0 Å². The van der Waals surface area contributed by atoms with Crippen LogP contribution in [-0.2, 0) is 0 Å². The van der Waals surface area contributed by atoms with Crippen LogP contribution in [0.15, 0.2) is 0 Å². The molecule has 0 aliphatic heterocycles. The zero-order chi connectivity index (χ0) is 25.0. The van der Waals surface area contributed by atoms with Crippen molar-refractivity contribution in [1.29, 1.82) is 0 Å². The van der Waals surface area contributed by atoms with E-state index in [-0.39, 0.29) is 0 Å². The maximum atomic E-state index is 11.5. The lowest BCUT2D eigenvalue weighted by Gasteiger charge is -2.42. The van der Waals surface area contributed by atoms with Crippen LogP contribution in [0.1, 0.15) is 156 Å². The fourth-order valence-electron chi connectivity index (χ4n) is 5.10. The SMILES string of the molecule is CCCCCCC(O)[P+](C(O)CCCCCC)(C(O)CCCCCC)C(O)CCCCCC. The molecule has 0 saturated heterocycles. The Kier molecular flexibility index (Phi) is 21.7. The molecule has 5 heteroatoms. The van der Waals surface area contributed by atoms with Crippen LogP contribution < -0.4 is 0 Å². The van der Waals surface area contributed by atoms with Gasteiger partial charge in [0.2, 0.25) is 0 Å². The lowest BCUT2D eigenvalue weighted by atomic mass is 10.1. The summed E-state index contributed by atoms with van der Waals surface area (Å²) in [6, 6.07) is 0. The van der Waals surface area contributed by atoms with Gasteiger partial charge in [0.25, 0.3) is 0 Å². The van der Waals surface area contributed by atoms with Crippen molar-refractivity contribution in [1.82, 2.24) is 0 Å². The molecule has 4 unspecified atom stereocenters. The largest absolute Gasteiger partial charge is 0.359 e. The van der Waals surface area contributed by atoms with Gasteiger partial charge in [-0.05, 0) is 25.7 Å². The van der Waals surface area contributed by atoms with Crippen molar-refractivity contribution >= 4 is 7.26 Å². The summed E-state index contributed by atoms with van der Waals surface area (Å²) in [4.78, 5) is 0. The van der Waals surface area contributed by atoms with E-state index in [2.05, 4.69) is 27.7 Å². The van der Waals surface area contributed by atoms with Crippen molar-refractivity contribution < 1.29 is 20.4 Å². The molecule has 0 saturated carbocycles. The molecule has 4 N–H and O–H groups in total. The Balaban J connectivity index is 5.70. The van der Waals surface area contributed by atoms with Gasteiger partial charge < -0.3 is 20.4 Å². The topological polar surface area (TPSA) is 80.9 Å². The van der Waals surface area contributed by atoms with E-state index < -0.39 is 30.6 Å². The Morgan fingerprint density at radius 2 is 0.576 bits per heavy atom. The Morgan fingerprint density at radius 3 is 0.758 bits per heavy atom. The van der Waals surface area contributed by atoms with Gasteiger partial charge in [0.05, 0.1) is 0 Å². The van der Waals surface area contributed by atoms with Crippen LogP contribution in [-0.4, -0.2) is 43.8 Å². The lowest BCUT2D eigenvalue weighted by Crippen LogP contribution is -2.39. The van der Waals surface area contributed by atoms with Gasteiger partial charge in [-0.2, -0.15) is 0 Å². The van der Waals surface area contributed by atoms with E-state index in [9.17, 15) is 20.4 Å². The number of unbranched alkanes of at least 4 members (excludes halogenated alkanes) is 12. The van der Waals surface area contributed by atoms with Crippen LogP contribution in [0.25, 0.3) is 0 Å². The summed E-state index contributed by atoms with van der Waals surface area (Å²) in [7, 11) is -2.83. The molecule has 0 aliphatic rings. The molecular weight excluding hydrogens is 431 g/mol. The molecule has 0 bridgehead atoms. The fourth-order valence-corrected chi connectivity index (χ4v) is 10.0. The van der Waals surface area contributed by atoms with E-state index in [4.69, 9.17) is 0 Å². The van der Waals surface area contributed by atoms with Gasteiger partial charge in [-0.25, -0.2) is 0 Å². The molecule has 0 rings (SSSR count). The minimum atomic E-state index is -2.83. The van der Waals surface area contributed by atoms with E-state index in [0.29, 0.717) is 25.7 Å². The molecule has 0 fully saturated rings. The lowest BCUT2D eigenvalue weighted by molar-refractivity contribution is 0.138. The van der Waals surface area contributed by atoms with E-state index in [0.717, 1.165) is 103 Å². The second kappa shape index (κ2) is 21.5. The normalized spacial score (nSPS) is 17.5. The Bertz CT molecular complexity index is 343. The van der Waals surface area contributed by atoms with Crippen molar-refractivity contribution in [2.45, 2.75) is 179 Å². The van der Waals surface area contributed by atoms with Crippen molar-refractivity contribution in [3.05, 3.63) is 0 Å². The summed E-state index contributed by atoms with van der Waals surface area (Å²) >= 11 is 0. The molecule has 0 aromatic rings. The fraction of sp³-hybridized carbons (Fsp3) is 1.00. The van der Waals surface area contributed by atoms with Crippen LogP contribution in [0.2, 0.25) is 0 Å². The number of hydrogen-bond donors (Lipinski definition) is 4. The second-order valence-corrected chi connectivity index (χ2v) is 14.4. The second-order valence-electron chi connectivity index (χ2n) is 10.2. The summed E-state index contributed by atoms with van der Waals surface area (Å²) in [5.74, 6) is -3.12. The highest BCUT2D eigenvalue weighted by Crippen LogP contribution is 2.74. The van der Waals surface area contributed by atoms with E-state index in [1.54, 1.807) is 0 Å². The first-order chi connectivity index (χ1) is 15.9. The highest BCUT2D eigenvalue weighted by atomic mass is 31.2. The number of aliphatic hydroxyl groups is 4. The Hall–Kier alpha value is 0.270. The summed E-state index contributed by atoms with van der Waals surface area (Å²) in [5, 5.41) is 46.2. The summed E-state index contributed by atoms with van der Waals surface area (Å²) < 4.78 is 0. The third kappa shape index (κ3) is 12.7. The van der Waals surface area contributed by atoms with Gasteiger partial charge in [0.15, 0.2) is 23.4 Å². The van der Waals surface area contributed by atoms with E-state index in [1.165, 1.54) is 0 Å². The average Bonchev–Trinajstić information content (AvgIpc) is 2.80. The number of rotatable bonds is 24. The number of hydrogen-bond acceptors (Lipinski definition) is 4. The quantitative estimate of drug-likeness (QED) is 0.0811. The molecule has 0 radical (unpaired) electrons. The minimum Gasteiger partial charge on any atom is -0.359 e. The Labute approximate surface area is 207 Å². The van der Waals surface area contributed by atoms with Crippen LogP contribution in [0.4, 0.5) is 0 Å². The van der Waals surface area contributed by atoms with Gasteiger partial charge in [0, 0.05) is 25.7 Å². The third-order valence-electron chi connectivity index (χ3n) is 7.33. The molecule has 0 heterocycles. The molecule has 0 aromatic heterocycles. The molecule has 4 atom stereocenters. The zero-order valence-electron chi connectivity index (χ0n) is 22.7. The Morgan fingerprint density at radius 1 is 0.364 bits per heavy atom.